The molecule has 0 nitrogen and oxygen atoms in total. The fourth-order valence-electron chi connectivity index (χ4n) is 0.877. The molecule has 1 aromatic rings. The number of halogens is 1. The van der Waals surface area contributed by atoms with Gasteiger partial charge in [0.2, 0.25) is 0 Å². The van der Waals surface area contributed by atoms with Crippen molar-refractivity contribution in [3.8, 4) is 0 Å². The second-order valence-electron chi connectivity index (χ2n) is 2.16. The SMILES string of the molecule is CCCc1cc[c-]cc1.[Cl-].[Mg+2]. The molecule has 11 heavy (non-hydrogen) atoms. The van der Waals surface area contributed by atoms with E-state index in [1.54, 1.807) is 0 Å². The minimum Gasteiger partial charge on any atom is -1.00 e. The van der Waals surface area contributed by atoms with Gasteiger partial charge in [0.25, 0.3) is 0 Å². The molecule has 0 N–H and O–H groups in total. The summed E-state index contributed by atoms with van der Waals surface area (Å²) in [6.07, 6.45) is 2.42. The molecule has 56 valence electrons. The van der Waals surface area contributed by atoms with Gasteiger partial charge in [-0.05, 0) is 0 Å². The van der Waals surface area contributed by atoms with Crippen LogP contribution in [-0.2, 0) is 6.42 Å². The summed E-state index contributed by atoms with van der Waals surface area (Å²) in [5.41, 5.74) is 1.41. The summed E-state index contributed by atoms with van der Waals surface area (Å²) in [5.74, 6) is 0. The molecular weight excluding hydrogens is 168 g/mol. The van der Waals surface area contributed by atoms with E-state index < -0.39 is 0 Å². The van der Waals surface area contributed by atoms with Crippen LogP contribution >= 0.6 is 0 Å². The fourth-order valence-corrected chi connectivity index (χ4v) is 0.877. The summed E-state index contributed by atoms with van der Waals surface area (Å²) in [6, 6.07) is 11.1. The molecule has 0 spiro atoms. The Morgan fingerprint density at radius 2 is 1.82 bits per heavy atom. The maximum Gasteiger partial charge on any atom is 2.00 e. The second kappa shape index (κ2) is 8.37. The van der Waals surface area contributed by atoms with Crippen LogP contribution in [0.2, 0.25) is 0 Å². The van der Waals surface area contributed by atoms with Gasteiger partial charge in [0, 0.05) is 0 Å². The number of hydrogen-bond acceptors (Lipinski definition) is 0. The van der Waals surface area contributed by atoms with Crippen molar-refractivity contribution < 1.29 is 12.4 Å². The zero-order chi connectivity index (χ0) is 6.53. The number of rotatable bonds is 2. The third-order valence-electron chi connectivity index (χ3n) is 1.33. The van der Waals surface area contributed by atoms with Gasteiger partial charge in [0.05, 0.1) is 0 Å². The van der Waals surface area contributed by atoms with Crippen molar-refractivity contribution in [3.63, 3.8) is 0 Å². The van der Waals surface area contributed by atoms with Crippen LogP contribution in [0.5, 0.6) is 0 Å². The van der Waals surface area contributed by atoms with Gasteiger partial charge >= 0.3 is 23.1 Å². The van der Waals surface area contributed by atoms with Crippen LogP contribution in [0.1, 0.15) is 18.9 Å². The Morgan fingerprint density at radius 1 is 1.27 bits per heavy atom. The van der Waals surface area contributed by atoms with Gasteiger partial charge in [-0.2, -0.15) is 35.9 Å². The molecule has 0 heterocycles. The first kappa shape index (κ1) is 13.8. The summed E-state index contributed by atoms with van der Waals surface area (Å²) in [4.78, 5) is 0. The molecule has 0 unspecified atom stereocenters. The number of hydrogen-bond donors (Lipinski definition) is 0. The molecule has 0 saturated heterocycles. The van der Waals surface area contributed by atoms with Gasteiger partial charge in [0.15, 0.2) is 0 Å². The van der Waals surface area contributed by atoms with Gasteiger partial charge < -0.3 is 12.4 Å². The quantitative estimate of drug-likeness (QED) is 0.406. The molecule has 2 heteroatoms. The van der Waals surface area contributed by atoms with E-state index in [1.165, 1.54) is 18.4 Å². The number of benzene rings is 1. The maximum atomic E-state index is 2.99. The minimum atomic E-state index is 0. The molecule has 0 amide bonds. The summed E-state index contributed by atoms with van der Waals surface area (Å²) < 4.78 is 0. The largest absolute Gasteiger partial charge is 2.00 e. The molecule has 0 aliphatic heterocycles. The molecule has 0 saturated carbocycles. The molecule has 0 aliphatic carbocycles. The predicted molar refractivity (Wildman–Crippen MR) is 45.0 cm³/mol. The number of aryl methyl sites for hydroxylation is 1. The summed E-state index contributed by atoms with van der Waals surface area (Å²) in [6.45, 7) is 2.19. The van der Waals surface area contributed by atoms with Gasteiger partial charge in [-0.1, -0.05) is 19.8 Å². The molecule has 0 aliphatic rings. The Hall–Kier alpha value is 0.276. The Kier molecular flexibility index (Phi) is 10.5. The van der Waals surface area contributed by atoms with Crippen LogP contribution in [0, 0.1) is 6.07 Å². The van der Waals surface area contributed by atoms with Crippen LogP contribution in [0.15, 0.2) is 24.3 Å². The van der Waals surface area contributed by atoms with Gasteiger partial charge in [-0.25, -0.2) is 0 Å². The Bertz CT molecular complexity index is 162. The van der Waals surface area contributed by atoms with Crippen molar-refractivity contribution in [2.75, 3.05) is 0 Å². The van der Waals surface area contributed by atoms with Gasteiger partial charge in [-0.3, -0.25) is 0 Å². The average molecular weight is 179 g/mol. The fraction of sp³-hybridized carbons (Fsp3) is 0.333. The first-order valence-corrected chi connectivity index (χ1v) is 3.38. The summed E-state index contributed by atoms with van der Waals surface area (Å²) >= 11 is 0. The van der Waals surface area contributed by atoms with E-state index in [0.717, 1.165) is 0 Å². The summed E-state index contributed by atoms with van der Waals surface area (Å²) in [7, 11) is 0. The topological polar surface area (TPSA) is 0 Å². The smallest absolute Gasteiger partial charge is 1.00 e. The average Bonchev–Trinajstić information content (AvgIpc) is 1.91. The molecule has 1 rings (SSSR count). The molecule has 0 fully saturated rings. The zero-order valence-electron chi connectivity index (χ0n) is 6.81. The Labute approximate surface area is 90.9 Å². The van der Waals surface area contributed by atoms with Crippen LogP contribution in [0.3, 0.4) is 0 Å². The minimum absolute atomic E-state index is 0. The van der Waals surface area contributed by atoms with E-state index in [2.05, 4.69) is 25.1 Å². The van der Waals surface area contributed by atoms with E-state index in [9.17, 15) is 0 Å². The van der Waals surface area contributed by atoms with Crippen molar-refractivity contribution >= 4 is 23.1 Å². The Morgan fingerprint density at radius 3 is 2.27 bits per heavy atom. The third kappa shape index (κ3) is 5.54. The third-order valence-corrected chi connectivity index (χ3v) is 1.33. The Balaban J connectivity index is 0. The summed E-state index contributed by atoms with van der Waals surface area (Å²) in [5, 5.41) is 0. The molecule has 1 aromatic carbocycles. The molecule has 0 atom stereocenters. The zero-order valence-corrected chi connectivity index (χ0v) is 8.98. The van der Waals surface area contributed by atoms with Crippen molar-refractivity contribution in [2.45, 2.75) is 19.8 Å². The van der Waals surface area contributed by atoms with Crippen LogP contribution in [0.25, 0.3) is 0 Å². The predicted octanol–water partition coefficient (Wildman–Crippen LogP) is -0.938. The van der Waals surface area contributed by atoms with E-state index >= 15 is 0 Å². The molecule has 0 radical (unpaired) electrons. The monoisotopic (exact) mass is 178 g/mol. The molecule has 0 bridgehead atoms. The van der Waals surface area contributed by atoms with E-state index in [0.29, 0.717) is 0 Å². The molecule has 0 aromatic heterocycles. The maximum absolute atomic E-state index is 2.99. The second-order valence-corrected chi connectivity index (χ2v) is 2.16. The van der Waals surface area contributed by atoms with E-state index in [4.69, 9.17) is 0 Å². The van der Waals surface area contributed by atoms with E-state index in [1.807, 2.05) is 12.1 Å². The van der Waals surface area contributed by atoms with Crippen molar-refractivity contribution in [2.24, 2.45) is 0 Å². The van der Waals surface area contributed by atoms with Crippen LogP contribution in [0.4, 0.5) is 0 Å². The van der Waals surface area contributed by atoms with Crippen LogP contribution < -0.4 is 12.4 Å². The van der Waals surface area contributed by atoms with Crippen molar-refractivity contribution in [1.82, 2.24) is 0 Å². The van der Waals surface area contributed by atoms with Crippen LogP contribution in [-0.4, -0.2) is 23.1 Å². The van der Waals surface area contributed by atoms with Crippen molar-refractivity contribution in [3.05, 3.63) is 35.9 Å². The van der Waals surface area contributed by atoms with E-state index in [-0.39, 0.29) is 35.5 Å². The standard InChI is InChI=1S/C9H11.ClH.Mg/c1-2-6-9-7-4-3-5-8-9;;/h4-5,7-8H,2,6H2,1H3;1H;/q-1;;+2/p-1. The first-order valence-electron chi connectivity index (χ1n) is 3.38. The van der Waals surface area contributed by atoms with Crippen molar-refractivity contribution in [1.29, 1.82) is 0 Å². The first-order chi connectivity index (χ1) is 4.43. The normalized spacial score (nSPS) is 7.73. The molecular formula is C9H11ClMg. The van der Waals surface area contributed by atoms with Gasteiger partial charge in [-0.15, -0.1) is 0 Å². The van der Waals surface area contributed by atoms with Gasteiger partial charge in [0.1, 0.15) is 0 Å².